The average Bonchev–Trinajstić information content (AvgIpc) is 2.82. The Morgan fingerprint density at radius 1 is 1.19 bits per heavy atom. The molecule has 1 saturated heterocycles. The standard InChI is InChI=1S/C13H11BrF3NO3/c14-8-3-1-7(2-4-8)9-5-18(6-10(9)11(19)20)12(21)13(15,16)17/h1-4,9-10H,5-6H2,(H,19,20)/t9-,10+/m0/s1. The van der Waals surface area contributed by atoms with Gasteiger partial charge in [0.25, 0.3) is 0 Å². The van der Waals surface area contributed by atoms with Crippen LogP contribution < -0.4 is 0 Å². The summed E-state index contributed by atoms with van der Waals surface area (Å²) in [6.07, 6.45) is -4.99. The van der Waals surface area contributed by atoms with Crippen molar-refractivity contribution >= 4 is 27.8 Å². The Labute approximate surface area is 126 Å². The number of alkyl halides is 3. The van der Waals surface area contributed by atoms with Crippen molar-refractivity contribution in [2.75, 3.05) is 13.1 Å². The molecule has 1 amide bonds. The summed E-state index contributed by atoms with van der Waals surface area (Å²) in [5, 5.41) is 9.17. The van der Waals surface area contributed by atoms with E-state index in [9.17, 15) is 27.9 Å². The molecule has 0 unspecified atom stereocenters. The third-order valence-electron chi connectivity index (χ3n) is 3.46. The third kappa shape index (κ3) is 3.37. The molecule has 4 nitrogen and oxygen atoms in total. The summed E-state index contributed by atoms with van der Waals surface area (Å²) in [6, 6.07) is 6.66. The minimum Gasteiger partial charge on any atom is -0.481 e. The predicted octanol–water partition coefficient (Wildman–Crippen LogP) is 2.64. The van der Waals surface area contributed by atoms with Crippen molar-refractivity contribution in [3.8, 4) is 0 Å². The fourth-order valence-electron chi connectivity index (χ4n) is 2.45. The number of carboxylic acid groups (broad SMARTS) is 1. The highest BCUT2D eigenvalue weighted by atomic mass is 79.9. The number of amides is 1. The zero-order valence-corrected chi connectivity index (χ0v) is 12.2. The van der Waals surface area contributed by atoms with Gasteiger partial charge in [-0.15, -0.1) is 0 Å². The summed E-state index contributed by atoms with van der Waals surface area (Å²) in [5.74, 6) is -4.90. The Bertz CT molecular complexity index is 559. The number of likely N-dealkylation sites (tertiary alicyclic amines) is 1. The van der Waals surface area contributed by atoms with E-state index in [-0.39, 0.29) is 6.54 Å². The second-order valence-electron chi connectivity index (χ2n) is 4.81. The van der Waals surface area contributed by atoms with E-state index < -0.39 is 36.4 Å². The summed E-state index contributed by atoms with van der Waals surface area (Å²) in [4.78, 5) is 23.1. The first kappa shape index (κ1) is 15.8. The van der Waals surface area contributed by atoms with Crippen LogP contribution in [0, 0.1) is 5.92 Å². The van der Waals surface area contributed by atoms with Crippen LogP contribution in [0.25, 0.3) is 0 Å². The lowest BCUT2D eigenvalue weighted by atomic mass is 9.89. The lowest BCUT2D eigenvalue weighted by Gasteiger charge is -2.17. The van der Waals surface area contributed by atoms with E-state index in [0.29, 0.717) is 10.5 Å². The lowest BCUT2D eigenvalue weighted by Crippen LogP contribution is -2.40. The van der Waals surface area contributed by atoms with E-state index in [2.05, 4.69) is 15.9 Å². The maximum Gasteiger partial charge on any atom is 0.471 e. The lowest BCUT2D eigenvalue weighted by molar-refractivity contribution is -0.184. The van der Waals surface area contributed by atoms with Crippen molar-refractivity contribution in [1.29, 1.82) is 0 Å². The summed E-state index contributed by atoms with van der Waals surface area (Å²) in [6.45, 7) is -0.689. The minimum atomic E-state index is -4.99. The molecule has 0 saturated carbocycles. The number of nitrogens with zero attached hydrogens (tertiary/aromatic N) is 1. The second-order valence-corrected chi connectivity index (χ2v) is 5.73. The van der Waals surface area contributed by atoms with Crippen molar-refractivity contribution in [2.45, 2.75) is 12.1 Å². The summed E-state index contributed by atoms with van der Waals surface area (Å²) < 4.78 is 38.2. The molecule has 0 spiro atoms. The van der Waals surface area contributed by atoms with Gasteiger partial charge in [0.05, 0.1) is 5.92 Å². The highest BCUT2D eigenvalue weighted by Gasteiger charge is 2.48. The van der Waals surface area contributed by atoms with Crippen molar-refractivity contribution in [2.24, 2.45) is 5.92 Å². The number of carbonyl (C=O) groups excluding carboxylic acids is 1. The molecule has 1 aliphatic rings. The van der Waals surface area contributed by atoms with E-state index in [0.717, 1.165) is 4.47 Å². The molecular formula is C13H11BrF3NO3. The highest BCUT2D eigenvalue weighted by molar-refractivity contribution is 9.10. The smallest absolute Gasteiger partial charge is 0.471 e. The Hall–Kier alpha value is -1.57. The van der Waals surface area contributed by atoms with Crippen molar-refractivity contribution in [1.82, 2.24) is 4.90 Å². The van der Waals surface area contributed by atoms with Crippen LogP contribution >= 0.6 is 15.9 Å². The summed E-state index contributed by atoms with van der Waals surface area (Å²) in [7, 11) is 0. The van der Waals surface area contributed by atoms with Crippen molar-refractivity contribution < 1.29 is 27.9 Å². The Balaban J connectivity index is 2.26. The van der Waals surface area contributed by atoms with E-state index in [4.69, 9.17) is 0 Å². The number of benzene rings is 1. The van der Waals surface area contributed by atoms with Gasteiger partial charge in [-0.05, 0) is 17.7 Å². The Kier molecular flexibility index (Phi) is 4.27. The van der Waals surface area contributed by atoms with Gasteiger partial charge in [0.1, 0.15) is 0 Å². The maximum absolute atomic E-state index is 12.5. The largest absolute Gasteiger partial charge is 0.481 e. The average molecular weight is 366 g/mol. The first-order chi connectivity index (χ1) is 9.70. The number of hydrogen-bond donors (Lipinski definition) is 1. The second kappa shape index (κ2) is 5.67. The third-order valence-corrected chi connectivity index (χ3v) is 3.99. The quantitative estimate of drug-likeness (QED) is 0.876. The summed E-state index contributed by atoms with van der Waals surface area (Å²) in [5.41, 5.74) is 0.600. The van der Waals surface area contributed by atoms with Crippen LogP contribution in [0.5, 0.6) is 0 Å². The molecule has 0 radical (unpaired) electrons. The number of carboxylic acids is 1. The molecule has 1 aromatic rings. The number of carbonyl (C=O) groups is 2. The Morgan fingerprint density at radius 3 is 2.24 bits per heavy atom. The normalized spacial score (nSPS) is 22.4. The molecular weight excluding hydrogens is 355 g/mol. The fraction of sp³-hybridized carbons (Fsp3) is 0.385. The minimum absolute atomic E-state index is 0.253. The molecule has 2 rings (SSSR count). The van der Waals surface area contributed by atoms with E-state index >= 15 is 0 Å². The van der Waals surface area contributed by atoms with Crippen LogP contribution in [0.2, 0.25) is 0 Å². The van der Waals surface area contributed by atoms with Gasteiger partial charge >= 0.3 is 18.1 Å². The van der Waals surface area contributed by atoms with Crippen LogP contribution in [0.1, 0.15) is 11.5 Å². The monoisotopic (exact) mass is 365 g/mol. The fourth-order valence-corrected chi connectivity index (χ4v) is 2.71. The van der Waals surface area contributed by atoms with Crippen LogP contribution in [0.15, 0.2) is 28.7 Å². The van der Waals surface area contributed by atoms with E-state index in [1.165, 1.54) is 0 Å². The van der Waals surface area contributed by atoms with Gasteiger partial charge in [0, 0.05) is 23.5 Å². The van der Waals surface area contributed by atoms with Gasteiger partial charge in [0.2, 0.25) is 0 Å². The number of halogens is 4. The topological polar surface area (TPSA) is 57.6 Å². The Morgan fingerprint density at radius 2 is 1.76 bits per heavy atom. The molecule has 8 heteroatoms. The first-order valence-electron chi connectivity index (χ1n) is 6.04. The maximum atomic E-state index is 12.5. The highest BCUT2D eigenvalue weighted by Crippen LogP contribution is 2.35. The van der Waals surface area contributed by atoms with E-state index in [1.807, 2.05) is 0 Å². The first-order valence-corrected chi connectivity index (χ1v) is 6.84. The molecule has 0 bridgehead atoms. The van der Waals surface area contributed by atoms with Gasteiger partial charge in [-0.2, -0.15) is 13.2 Å². The SMILES string of the molecule is O=C(O)[C@@H]1CN(C(=O)C(F)(F)F)C[C@H]1c1ccc(Br)cc1. The van der Waals surface area contributed by atoms with Gasteiger partial charge in [-0.1, -0.05) is 28.1 Å². The molecule has 21 heavy (non-hydrogen) atoms. The molecule has 1 aliphatic heterocycles. The molecule has 1 heterocycles. The number of rotatable bonds is 2. The molecule has 0 aromatic heterocycles. The molecule has 1 fully saturated rings. The molecule has 2 atom stereocenters. The number of hydrogen-bond acceptors (Lipinski definition) is 2. The zero-order valence-electron chi connectivity index (χ0n) is 10.6. The predicted molar refractivity (Wildman–Crippen MR) is 70.6 cm³/mol. The van der Waals surface area contributed by atoms with Crippen LogP contribution in [0.4, 0.5) is 13.2 Å². The van der Waals surface area contributed by atoms with E-state index in [1.54, 1.807) is 24.3 Å². The molecule has 0 aliphatic carbocycles. The van der Waals surface area contributed by atoms with Crippen LogP contribution in [0.3, 0.4) is 0 Å². The zero-order chi connectivity index (χ0) is 15.8. The van der Waals surface area contributed by atoms with Crippen molar-refractivity contribution in [3.63, 3.8) is 0 Å². The van der Waals surface area contributed by atoms with Gasteiger partial charge in [-0.3, -0.25) is 9.59 Å². The molecule has 114 valence electrons. The molecule has 1 N–H and O–H groups in total. The van der Waals surface area contributed by atoms with Crippen LogP contribution in [-0.4, -0.2) is 41.1 Å². The van der Waals surface area contributed by atoms with Gasteiger partial charge in [0.15, 0.2) is 0 Å². The van der Waals surface area contributed by atoms with Crippen LogP contribution in [-0.2, 0) is 9.59 Å². The molecule has 1 aromatic carbocycles. The van der Waals surface area contributed by atoms with Crippen molar-refractivity contribution in [3.05, 3.63) is 34.3 Å². The summed E-state index contributed by atoms with van der Waals surface area (Å²) >= 11 is 3.23. The number of aliphatic carboxylic acids is 1. The van der Waals surface area contributed by atoms with Gasteiger partial charge in [-0.25, -0.2) is 0 Å². The van der Waals surface area contributed by atoms with Gasteiger partial charge < -0.3 is 10.0 Å².